The van der Waals surface area contributed by atoms with E-state index in [1.54, 1.807) is 12.1 Å². The van der Waals surface area contributed by atoms with E-state index in [9.17, 15) is 9.59 Å². The van der Waals surface area contributed by atoms with Crippen LogP contribution in [0.2, 0.25) is 5.02 Å². The van der Waals surface area contributed by atoms with Crippen molar-refractivity contribution in [2.24, 2.45) is 5.92 Å². The van der Waals surface area contributed by atoms with Gasteiger partial charge in [-0.05, 0) is 63.2 Å². The largest absolute Gasteiger partial charge is 0.482 e. The molecule has 2 aromatic rings. The number of carbonyl (C=O) groups is 1. The lowest BCUT2D eigenvalue weighted by Gasteiger charge is -2.44. The van der Waals surface area contributed by atoms with Gasteiger partial charge in [0.25, 0.3) is 5.91 Å². The second-order valence-electron chi connectivity index (χ2n) is 8.12. The van der Waals surface area contributed by atoms with E-state index in [1.165, 1.54) is 44.8 Å². The molecule has 1 aromatic carbocycles. The molecule has 1 aromatic heterocycles. The molecule has 2 aliphatic rings. The van der Waals surface area contributed by atoms with Crippen LogP contribution in [-0.4, -0.2) is 43.1 Å². The molecule has 156 valence electrons. The summed E-state index contributed by atoms with van der Waals surface area (Å²) < 4.78 is 10.8. The number of nitrogens with one attached hydrogen (secondary N) is 1. The highest BCUT2D eigenvalue weighted by molar-refractivity contribution is 6.32. The molecule has 0 bridgehead atoms. The predicted octanol–water partition coefficient (Wildman–Crippen LogP) is 3.51. The van der Waals surface area contributed by atoms with Crippen LogP contribution in [0.3, 0.4) is 0 Å². The summed E-state index contributed by atoms with van der Waals surface area (Å²) in [4.78, 5) is 26.5. The summed E-state index contributed by atoms with van der Waals surface area (Å²) in [5.74, 6) is 0.675. The van der Waals surface area contributed by atoms with E-state index in [-0.39, 0.29) is 12.5 Å². The molecule has 1 N–H and O–H groups in total. The number of fused-ring (bicyclic) bond motifs is 2. The number of hydrogen-bond donors (Lipinski definition) is 1. The van der Waals surface area contributed by atoms with Gasteiger partial charge >= 0.3 is 5.63 Å². The molecule has 1 amide bonds. The van der Waals surface area contributed by atoms with E-state index < -0.39 is 5.63 Å². The molecular formula is C22H27ClN2O4. The lowest BCUT2D eigenvalue weighted by atomic mass is 9.83. The monoisotopic (exact) mass is 418 g/mol. The second kappa shape index (κ2) is 8.76. The molecule has 2 unspecified atom stereocenters. The Morgan fingerprint density at radius 2 is 2.07 bits per heavy atom. The van der Waals surface area contributed by atoms with Gasteiger partial charge in [0.05, 0.1) is 5.02 Å². The third-order valence-electron chi connectivity index (χ3n) is 6.15. The van der Waals surface area contributed by atoms with Gasteiger partial charge in [-0.25, -0.2) is 4.79 Å². The highest BCUT2D eigenvalue weighted by Crippen LogP contribution is 2.32. The van der Waals surface area contributed by atoms with Crippen molar-refractivity contribution in [3.63, 3.8) is 0 Å². The Balaban J connectivity index is 1.35. The first-order chi connectivity index (χ1) is 14.0. The predicted molar refractivity (Wildman–Crippen MR) is 113 cm³/mol. The summed E-state index contributed by atoms with van der Waals surface area (Å²) in [5.41, 5.74) is 0.756. The molecule has 0 radical (unpaired) electrons. The quantitative estimate of drug-likeness (QED) is 0.752. The first-order valence-corrected chi connectivity index (χ1v) is 10.8. The normalized spacial score (nSPS) is 22.3. The molecule has 2 fully saturated rings. The van der Waals surface area contributed by atoms with E-state index >= 15 is 0 Å². The SMILES string of the molecule is Cc1cc(=O)oc2cc(OCC(=O)NCC3CCCN4CCCCC34)c(Cl)cc12. The molecule has 2 atom stereocenters. The lowest BCUT2D eigenvalue weighted by Crippen LogP contribution is -2.51. The Morgan fingerprint density at radius 1 is 1.24 bits per heavy atom. The Kier molecular flexibility index (Phi) is 6.11. The van der Waals surface area contributed by atoms with E-state index in [0.29, 0.717) is 34.9 Å². The zero-order valence-electron chi connectivity index (χ0n) is 16.7. The van der Waals surface area contributed by atoms with Crippen LogP contribution in [0.25, 0.3) is 11.0 Å². The topological polar surface area (TPSA) is 71.8 Å². The smallest absolute Gasteiger partial charge is 0.336 e. The first kappa shape index (κ1) is 20.2. The summed E-state index contributed by atoms with van der Waals surface area (Å²) in [6.45, 7) is 4.76. The Bertz CT molecular complexity index is 956. The fourth-order valence-electron chi connectivity index (χ4n) is 4.68. The Labute approximate surface area is 175 Å². The van der Waals surface area contributed by atoms with Crippen molar-refractivity contribution < 1.29 is 13.9 Å². The van der Waals surface area contributed by atoms with Gasteiger partial charge in [0, 0.05) is 30.1 Å². The van der Waals surface area contributed by atoms with Crippen molar-refractivity contribution in [3.8, 4) is 5.75 Å². The van der Waals surface area contributed by atoms with E-state index in [2.05, 4.69) is 10.2 Å². The van der Waals surface area contributed by atoms with E-state index in [4.69, 9.17) is 20.8 Å². The van der Waals surface area contributed by atoms with Gasteiger partial charge < -0.3 is 19.4 Å². The number of amides is 1. The maximum absolute atomic E-state index is 12.3. The van der Waals surface area contributed by atoms with Crippen LogP contribution in [0, 0.1) is 12.8 Å². The lowest BCUT2D eigenvalue weighted by molar-refractivity contribution is -0.123. The van der Waals surface area contributed by atoms with Gasteiger partial charge in [0.1, 0.15) is 11.3 Å². The van der Waals surface area contributed by atoms with Crippen molar-refractivity contribution in [1.29, 1.82) is 0 Å². The summed E-state index contributed by atoms with van der Waals surface area (Å²) in [6.07, 6.45) is 6.16. The first-order valence-electron chi connectivity index (χ1n) is 10.4. The number of benzene rings is 1. The molecular weight excluding hydrogens is 392 g/mol. The van der Waals surface area contributed by atoms with Crippen LogP contribution in [0.15, 0.2) is 27.4 Å². The molecule has 0 aliphatic carbocycles. The number of nitrogens with zero attached hydrogens (tertiary/aromatic N) is 1. The van der Waals surface area contributed by atoms with Crippen LogP contribution < -0.4 is 15.7 Å². The minimum Gasteiger partial charge on any atom is -0.482 e. The van der Waals surface area contributed by atoms with Gasteiger partial charge in [0.15, 0.2) is 6.61 Å². The summed E-state index contributed by atoms with van der Waals surface area (Å²) in [7, 11) is 0. The minimum atomic E-state index is -0.426. The molecule has 0 spiro atoms. The van der Waals surface area contributed by atoms with Gasteiger partial charge in [0.2, 0.25) is 0 Å². The Morgan fingerprint density at radius 3 is 2.93 bits per heavy atom. The number of aryl methyl sites for hydroxylation is 1. The van der Waals surface area contributed by atoms with Crippen LogP contribution in [0.5, 0.6) is 5.75 Å². The van der Waals surface area contributed by atoms with Crippen LogP contribution >= 0.6 is 11.6 Å². The number of piperidine rings is 2. The third-order valence-corrected chi connectivity index (χ3v) is 6.45. The van der Waals surface area contributed by atoms with Gasteiger partial charge in [-0.3, -0.25) is 4.79 Å². The van der Waals surface area contributed by atoms with Crippen molar-refractivity contribution in [2.45, 2.75) is 45.1 Å². The van der Waals surface area contributed by atoms with Gasteiger partial charge in [-0.15, -0.1) is 0 Å². The highest BCUT2D eigenvalue weighted by atomic mass is 35.5. The summed E-state index contributed by atoms with van der Waals surface area (Å²) in [6, 6.07) is 5.29. The minimum absolute atomic E-state index is 0.123. The average molecular weight is 419 g/mol. The summed E-state index contributed by atoms with van der Waals surface area (Å²) in [5, 5.41) is 4.16. The number of rotatable bonds is 5. The maximum Gasteiger partial charge on any atom is 0.336 e. The standard InChI is InChI=1S/C22H27ClN2O4/c1-14-9-22(27)29-19-11-20(17(23)10-16(14)19)28-13-21(26)24-12-15-5-4-8-25-7-3-2-6-18(15)25/h9-11,15,18H,2-8,12-13H2,1H3,(H,24,26). The molecule has 2 aliphatic heterocycles. The van der Waals surface area contributed by atoms with Crippen molar-refractivity contribution in [3.05, 3.63) is 39.2 Å². The van der Waals surface area contributed by atoms with E-state index in [1.807, 2.05) is 6.92 Å². The maximum atomic E-state index is 12.3. The van der Waals surface area contributed by atoms with Crippen LogP contribution in [0.1, 0.15) is 37.7 Å². The molecule has 2 saturated heterocycles. The molecule has 4 rings (SSSR count). The number of halogens is 1. The number of ether oxygens (including phenoxy) is 1. The number of carbonyl (C=O) groups excluding carboxylic acids is 1. The zero-order chi connectivity index (χ0) is 20.4. The average Bonchev–Trinajstić information content (AvgIpc) is 2.71. The molecule has 3 heterocycles. The van der Waals surface area contributed by atoms with E-state index in [0.717, 1.165) is 17.4 Å². The highest BCUT2D eigenvalue weighted by Gasteiger charge is 2.32. The van der Waals surface area contributed by atoms with Crippen molar-refractivity contribution in [1.82, 2.24) is 10.2 Å². The third kappa shape index (κ3) is 4.59. The zero-order valence-corrected chi connectivity index (χ0v) is 17.5. The fraction of sp³-hybridized carbons (Fsp3) is 0.545. The molecule has 6 nitrogen and oxygen atoms in total. The fourth-order valence-corrected chi connectivity index (χ4v) is 4.90. The Hall–Kier alpha value is -2.05. The molecule has 29 heavy (non-hydrogen) atoms. The van der Waals surface area contributed by atoms with Crippen LogP contribution in [-0.2, 0) is 4.79 Å². The van der Waals surface area contributed by atoms with Gasteiger partial charge in [-0.2, -0.15) is 0 Å². The summed E-state index contributed by atoms with van der Waals surface area (Å²) >= 11 is 6.29. The van der Waals surface area contributed by atoms with Crippen molar-refractivity contribution in [2.75, 3.05) is 26.2 Å². The molecule has 7 heteroatoms. The number of hydrogen-bond acceptors (Lipinski definition) is 5. The van der Waals surface area contributed by atoms with Crippen LogP contribution in [0.4, 0.5) is 0 Å². The van der Waals surface area contributed by atoms with Crippen molar-refractivity contribution >= 4 is 28.5 Å². The second-order valence-corrected chi connectivity index (χ2v) is 8.53. The van der Waals surface area contributed by atoms with Gasteiger partial charge in [-0.1, -0.05) is 18.0 Å². The molecule has 0 saturated carbocycles.